The Morgan fingerprint density at radius 3 is 2.44 bits per heavy atom. The highest BCUT2D eigenvalue weighted by Gasteiger charge is 2.60. The minimum absolute atomic E-state index is 0.0249. The molecule has 0 aromatic heterocycles. The molecule has 0 radical (unpaired) electrons. The average molecular weight is 502 g/mol. The van der Waals surface area contributed by atoms with Crippen LogP contribution in [0.2, 0.25) is 0 Å². The summed E-state index contributed by atoms with van der Waals surface area (Å²) in [5.41, 5.74) is 1.16. The lowest BCUT2D eigenvalue weighted by Crippen LogP contribution is -2.53. The van der Waals surface area contributed by atoms with E-state index in [9.17, 15) is 4.79 Å². The fourth-order valence-electron chi connectivity index (χ4n) is 8.85. The van der Waals surface area contributed by atoms with Crippen LogP contribution in [0.15, 0.2) is 0 Å². The van der Waals surface area contributed by atoms with E-state index in [1.807, 2.05) is 0 Å². The van der Waals surface area contributed by atoms with E-state index in [1.165, 1.54) is 64.2 Å². The van der Waals surface area contributed by atoms with Crippen LogP contribution >= 0.6 is 31.9 Å². The molecule has 9 atom stereocenters. The minimum Gasteiger partial charge on any atom is -0.285 e. The fraction of sp³-hybridized carbons (Fsp3) is 0.958. The molecule has 4 aliphatic carbocycles. The zero-order chi connectivity index (χ0) is 19.4. The smallest absolute Gasteiger partial charge is 0.211 e. The maximum Gasteiger partial charge on any atom is 0.211 e. The van der Waals surface area contributed by atoms with Gasteiger partial charge in [-0.15, -0.1) is 0 Å². The third-order valence-corrected chi connectivity index (χ3v) is 12.1. The summed E-state index contributed by atoms with van der Waals surface area (Å²) in [5.74, 6) is 5.37. The van der Waals surface area contributed by atoms with E-state index in [0.29, 0.717) is 16.7 Å². The summed E-state index contributed by atoms with van der Waals surface area (Å²) >= 11 is 6.76. The minimum atomic E-state index is -0.0249. The van der Waals surface area contributed by atoms with Gasteiger partial charge >= 0.3 is 0 Å². The van der Waals surface area contributed by atoms with Gasteiger partial charge in [0.1, 0.15) is 0 Å². The number of hydrogen-bond acceptors (Lipinski definition) is 1. The SMILES string of the molecule is C[C@H](CC(Br)C(=O)Br)[C@H]1CC[C@H]2[C@@H]3CCC4CCCC[C@]4(C)[C@H]3CC[C@]12C. The second kappa shape index (κ2) is 7.71. The Labute approximate surface area is 183 Å². The Morgan fingerprint density at radius 1 is 0.963 bits per heavy atom. The summed E-state index contributed by atoms with van der Waals surface area (Å²) in [5, 5.41) is 0. The molecule has 0 amide bonds. The standard InChI is InChI=1S/C24H38Br2O/c1-15(14-21(25)22(26)27)18-9-10-19-17-8-7-16-6-4-5-12-23(16,2)20(17)11-13-24(18,19)3/h15-21H,4-14H2,1-3H3/t15-,16?,17+,18-,19+,20+,21?,23+,24-/m1/s1. The number of hydrogen-bond donors (Lipinski definition) is 0. The number of alkyl halides is 1. The first kappa shape index (κ1) is 20.9. The van der Waals surface area contributed by atoms with Gasteiger partial charge in [-0.2, -0.15) is 0 Å². The highest BCUT2D eigenvalue weighted by atomic mass is 79.9. The van der Waals surface area contributed by atoms with Crippen LogP contribution in [0.1, 0.15) is 91.4 Å². The Kier molecular flexibility index (Phi) is 5.96. The van der Waals surface area contributed by atoms with E-state index in [-0.39, 0.29) is 9.52 Å². The van der Waals surface area contributed by atoms with Crippen molar-refractivity contribution in [1.82, 2.24) is 0 Å². The van der Waals surface area contributed by atoms with Crippen molar-refractivity contribution >= 4 is 36.6 Å². The Morgan fingerprint density at radius 2 is 1.70 bits per heavy atom. The maximum absolute atomic E-state index is 11.7. The van der Waals surface area contributed by atoms with E-state index in [0.717, 1.165) is 36.0 Å². The third-order valence-electron chi connectivity index (χ3n) is 10.2. The van der Waals surface area contributed by atoms with Crippen LogP contribution in [0, 0.1) is 46.3 Å². The molecule has 3 heteroatoms. The number of halogens is 2. The molecule has 27 heavy (non-hydrogen) atoms. The van der Waals surface area contributed by atoms with Gasteiger partial charge in [-0.1, -0.05) is 49.5 Å². The molecule has 1 nitrogen and oxygen atoms in total. The summed E-state index contributed by atoms with van der Waals surface area (Å²) in [4.78, 5) is 11.7. The maximum atomic E-state index is 11.7. The van der Waals surface area contributed by atoms with Crippen molar-refractivity contribution < 1.29 is 4.79 Å². The molecule has 4 aliphatic rings. The predicted molar refractivity (Wildman–Crippen MR) is 120 cm³/mol. The lowest BCUT2D eigenvalue weighted by Gasteiger charge is -2.61. The number of fused-ring (bicyclic) bond motifs is 5. The molecule has 0 aromatic rings. The summed E-state index contributed by atoms with van der Waals surface area (Å²) in [6.07, 6.45) is 15.7. The van der Waals surface area contributed by atoms with Crippen molar-refractivity contribution in [3.8, 4) is 0 Å². The van der Waals surface area contributed by atoms with Crippen molar-refractivity contribution in [1.29, 1.82) is 0 Å². The first-order valence-corrected chi connectivity index (χ1v) is 13.3. The zero-order valence-corrected chi connectivity index (χ0v) is 20.7. The summed E-state index contributed by atoms with van der Waals surface area (Å²) < 4.78 is 0.112. The zero-order valence-electron chi connectivity index (χ0n) is 17.5. The molecule has 0 N–H and O–H groups in total. The molecule has 4 fully saturated rings. The molecule has 0 aliphatic heterocycles. The monoisotopic (exact) mass is 500 g/mol. The molecule has 154 valence electrons. The molecule has 2 unspecified atom stereocenters. The van der Waals surface area contributed by atoms with E-state index < -0.39 is 0 Å². The topological polar surface area (TPSA) is 17.1 Å². The van der Waals surface area contributed by atoms with E-state index >= 15 is 0 Å². The lowest BCUT2D eigenvalue weighted by atomic mass is 9.44. The van der Waals surface area contributed by atoms with Gasteiger partial charge in [0.15, 0.2) is 0 Å². The molecule has 0 spiro atoms. The molecule has 0 heterocycles. The molecular weight excluding hydrogens is 464 g/mol. The quantitative estimate of drug-likeness (QED) is 0.284. The van der Waals surface area contributed by atoms with Crippen molar-refractivity contribution in [3.63, 3.8) is 0 Å². The van der Waals surface area contributed by atoms with Crippen molar-refractivity contribution in [2.24, 2.45) is 46.3 Å². The predicted octanol–water partition coefficient (Wildman–Crippen LogP) is 7.75. The Hall–Kier alpha value is 0.630. The molecule has 4 rings (SSSR count). The highest BCUT2D eigenvalue weighted by Crippen LogP contribution is 2.68. The van der Waals surface area contributed by atoms with E-state index in [1.54, 1.807) is 0 Å². The van der Waals surface area contributed by atoms with Gasteiger partial charge in [0.05, 0.1) is 4.83 Å². The first-order chi connectivity index (χ1) is 12.8. The summed E-state index contributed by atoms with van der Waals surface area (Å²) in [6.45, 7) is 7.73. The largest absolute Gasteiger partial charge is 0.285 e. The van der Waals surface area contributed by atoms with Crippen LogP contribution in [0.25, 0.3) is 0 Å². The van der Waals surface area contributed by atoms with Crippen LogP contribution in [0.5, 0.6) is 0 Å². The lowest BCUT2D eigenvalue weighted by molar-refractivity contribution is -0.115. The van der Waals surface area contributed by atoms with Crippen LogP contribution in [-0.4, -0.2) is 9.52 Å². The molecular formula is C24H38Br2O. The van der Waals surface area contributed by atoms with Gasteiger partial charge in [-0.05, 0) is 120 Å². The van der Waals surface area contributed by atoms with Crippen molar-refractivity contribution in [2.45, 2.75) is 96.2 Å². The van der Waals surface area contributed by atoms with Crippen LogP contribution in [-0.2, 0) is 4.79 Å². The van der Waals surface area contributed by atoms with Crippen LogP contribution in [0.3, 0.4) is 0 Å². The van der Waals surface area contributed by atoms with Gasteiger partial charge in [-0.25, -0.2) is 0 Å². The Balaban J connectivity index is 1.52. The van der Waals surface area contributed by atoms with Crippen LogP contribution in [0.4, 0.5) is 0 Å². The first-order valence-electron chi connectivity index (χ1n) is 11.6. The summed E-state index contributed by atoms with van der Waals surface area (Å²) in [7, 11) is 0. The molecule has 0 saturated heterocycles. The summed E-state index contributed by atoms with van der Waals surface area (Å²) in [6, 6.07) is 0. The Bertz CT molecular complexity index is 577. The molecule has 4 saturated carbocycles. The fourth-order valence-corrected chi connectivity index (χ4v) is 9.63. The van der Waals surface area contributed by atoms with Gasteiger partial charge in [0.25, 0.3) is 0 Å². The van der Waals surface area contributed by atoms with E-state index in [2.05, 4.69) is 52.6 Å². The van der Waals surface area contributed by atoms with Gasteiger partial charge in [0.2, 0.25) is 4.69 Å². The van der Waals surface area contributed by atoms with Crippen molar-refractivity contribution in [3.05, 3.63) is 0 Å². The third kappa shape index (κ3) is 3.43. The van der Waals surface area contributed by atoms with Gasteiger partial charge < -0.3 is 0 Å². The van der Waals surface area contributed by atoms with E-state index in [4.69, 9.17) is 0 Å². The molecule has 0 aromatic carbocycles. The van der Waals surface area contributed by atoms with Gasteiger partial charge in [-0.3, -0.25) is 4.79 Å². The molecule has 0 bridgehead atoms. The number of rotatable bonds is 4. The number of carbonyl (C=O) groups is 1. The second-order valence-electron chi connectivity index (χ2n) is 11.1. The van der Waals surface area contributed by atoms with Crippen LogP contribution < -0.4 is 0 Å². The number of carbonyl (C=O) groups excluding carboxylic acids is 1. The van der Waals surface area contributed by atoms with Gasteiger partial charge in [0, 0.05) is 0 Å². The average Bonchev–Trinajstić information content (AvgIpc) is 2.98. The van der Waals surface area contributed by atoms with Crippen molar-refractivity contribution in [2.75, 3.05) is 0 Å². The highest BCUT2D eigenvalue weighted by molar-refractivity contribution is 9.20. The normalized spacial score (nSPS) is 48.9. The second-order valence-corrected chi connectivity index (χ2v) is 13.0.